The van der Waals surface area contributed by atoms with E-state index >= 15 is 0 Å². The van der Waals surface area contributed by atoms with Crippen LogP contribution in [0.1, 0.15) is 18.9 Å². The molecule has 2 atom stereocenters. The van der Waals surface area contributed by atoms with Crippen molar-refractivity contribution in [3.05, 3.63) is 35.9 Å². The number of hydrogen-bond donors (Lipinski definition) is 1. The maximum atomic E-state index is 12.3. The van der Waals surface area contributed by atoms with Crippen LogP contribution in [0.2, 0.25) is 0 Å². The summed E-state index contributed by atoms with van der Waals surface area (Å²) in [5.41, 5.74) is 1.28. The number of nitrogens with zero attached hydrogens (tertiary/aromatic N) is 1. The molecule has 104 valence electrons. The first-order chi connectivity index (χ1) is 9.22. The lowest BCUT2D eigenvalue weighted by Gasteiger charge is -2.23. The van der Waals surface area contributed by atoms with Crippen LogP contribution in [0, 0.1) is 0 Å². The van der Waals surface area contributed by atoms with Crippen LogP contribution in [0.3, 0.4) is 0 Å². The Morgan fingerprint density at radius 1 is 1.42 bits per heavy atom. The molecule has 4 nitrogen and oxygen atoms in total. The van der Waals surface area contributed by atoms with Crippen LogP contribution in [-0.2, 0) is 16.0 Å². The van der Waals surface area contributed by atoms with Gasteiger partial charge >= 0.3 is 0 Å². The van der Waals surface area contributed by atoms with Gasteiger partial charge in [-0.2, -0.15) is 0 Å². The second-order valence-electron chi connectivity index (χ2n) is 5.05. The van der Waals surface area contributed by atoms with Crippen molar-refractivity contribution in [1.82, 2.24) is 10.2 Å². The molecule has 0 saturated carbocycles. The van der Waals surface area contributed by atoms with Crippen LogP contribution in [0.5, 0.6) is 0 Å². The number of carbonyl (C=O) groups excluding carboxylic acids is 1. The number of hydrogen-bond acceptors (Lipinski definition) is 3. The van der Waals surface area contributed by atoms with Gasteiger partial charge in [0, 0.05) is 7.11 Å². The third kappa shape index (κ3) is 3.55. The number of amides is 1. The molecule has 19 heavy (non-hydrogen) atoms. The summed E-state index contributed by atoms with van der Waals surface area (Å²) in [5, 5.41) is 3.29. The molecule has 1 aromatic carbocycles. The molecule has 1 aromatic rings. The van der Waals surface area contributed by atoms with E-state index in [2.05, 4.69) is 17.4 Å². The quantitative estimate of drug-likeness (QED) is 0.843. The van der Waals surface area contributed by atoms with E-state index in [-0.39, 0.29) is 18.0 Å². The summed E-state index contributed by atoms with van der Waals surface area (Å²) in [6, 6.07) is 10.4. The fraction of sp³-hybridized carbons (Fsp3) is 0.533. The van der Waals surface area contributed by atoms with Gasteiger partial charge in [-0.3, -0.25) is 10.1 Å². The molecule has 2 rings (SSSR count). The van der Waals surface area contributed by atoms with Crippen molar-refractivity contribution in [2.24, 2.45) is 0 Å². The summed E-state index contributed by atoms with van der Waals surface area (Å²) in [6.45, 7) is 3.23. The zero-order valence-corrected chi connectivity index (χ0v) is 11.6. The lowest BCUT2D eigenvalue weighted by molar-refractivity contribution is -0.131. The topological polar surface area (TPSA) is 41.6 Å². The first-order valence-corrected chi connectivity index (χ1v) is 6.79. The lowest BCUT2D eigenvalue weighted by atomic mass is 10.1. The van der Waals surface area contributed by atoms with Gasteiger partial charge in [-0.1, -0.05) is 30.3 Å². The smallest absolute Gasteiger partial charge is 0.241 e. The van der Waals surface area contributed by atoms with Crippen molar-refractivity contribution in [2.45, 2.75) is 31.8 Å². The standard InChI is InChI=1S/C15H22N2O2/c1-12(10-19-2)17-11-16-14(15(17)18)9-8-13-6-4-3-5-7-13/h3-7,12,14,16H,8-11H2,1-2H3. The number of carbonyl (C=O) groups is 1. The van der Waals surface area contributed by atoms with Gasteiger partial charge in [0.15, 0.2) is 0 Å². The molecule has 0 radical (unpaired) electrons. The van der Waals surface area contributed by atoms with Gasteiger partial charge in [0.25, 0.3) is 0 Å². The second kappa shape index (κ2) is 6.68. The van der Waals surface area contributed by atoms with Crippen molar-refractivity contribution in [2.75, 3.05) is 20.4 Å². The van der Waals surface area contributed by atoms with E-state index in [1.54, 1.807) is 7.11 Å². The lowest BCUT2D eigenvalue weighted by Crippen LogP contribution is -2.39. The normalized spacial score (nSPS) is 20.8. The minimum Gasteiger partial charge on any atom is -0.383 e. The van der Waals surface area contributed by atoms with Gasteiger partial charge < -0.3 is 9.64 Å². The Labute approximate surface area is 114 Å². The van der Waals surface area contributed by atoms with E-state index in [1.807, 2.05) is 30.0 Å². The molecule has 4 heteroatoms. The highest BCUT2D eigenvalue weighted by Gasteiger charge is 2.33. The van der Waals surface area contributed by atoms with Crippen LogP contribution in [0.4, 0.5) is 0 Å². The fourth-order valence-corrected chi connectivity index (χ4v) is 2.46. The van der Waals surface area contributed by atoms with Crippen molar-refractivity contribution in [3.63, 3.8) is 0 Å². The molecule has 0 spiro atoms. The summed E-state index contributed by atoms with van der Waals surface area (Å²) in [4.78, 5) is 14.1. The summed E-state index contributed by atoms with van der Waals surface area (Å²) >= 11 is 0. The van der Waals surface area contributed by atoms with Gasteiger partial charge in [0.2, 0.25) is 5.91 Å². The van der Waals surface area contributed by atoms with E-state index in [4.69, 9.17) is 4.74 Å². The van der Waals surface area contributed by atoms with Gasteiger partial charge in [0.05, 0.1) is 25.4 Å². The van der Waals surface area contributed by atoms with Crippen molar-refractivity contribution < 1.29 is 9.53 Å². The Balaban J connectivity index is 1.85. The molecule has 1 N–H and O–H groups in total. The third-order valence-corrected chi connectivity index (χ3v) is 3.59. The average molecular weight is 262 g/mol. The zero-order chi connectivity index (χ0) is 13.7. The Morgan fingerprint density at radius 2 is 2.16 bits per heavy atom. The molecule has 1 heterocycles. The summed E-state index contributed by atoms with van der Waals surface area (Å²) < 4.78 is 5.11. The van der Waals surface area contributed by atoms with E-state index in [9.17, 15) is 4.79 Å². The van der Waals surface area contributed by atoms with Gasteiger partial charge in [-0.05, 0) is 25.3 Å². The highest BCUT2D eigenvalue weighted by molar-refractivity contribution is 5.84. The number of ether oxygens (including phenoxy) is 1. The van der Waals surface area contributed by atoms with E-state index < -0.39 is 0 Å². The zero-order valence-electron chi connectivity index (χ0n) is 11.6. The monoisotopic (exact) mass is 262 g/mol. The van der Waals surface area contributed by atoms with Crippen molar-refractivity contribution in [1.29, 1.82) is 0 Å². The molecule has 1 fully saturated rings. The molecule has 1 aliphatic rings. The Morgan fingerprint density at radius 3 is 2.84 bits per heavy atom. The Kier molecular flexibility index (Phi) is 4.93. The minimum atomic E-state index is -0.0560. The molecular formula is C15H22N2O2. The van der Waals surface area contributed by atoms with Crippen molar-refractivity contribution >= 4 is 5.91 Å². The third-order valence-electron chi connectivity index (χ3n) is 3.59. The van der Waals surface area contributed by atoms with Crippen LogP contribution in [-0.4, -0.2) is 43.3 Å². The van der Waals surface area contributed by atoms with Gasteiger partial charge in [-0.25, -0.2) is 0 Å². The molecule has 0 aromatic heterocycles. The molecular weight excluding hydrogens is 240 g/mol. The highest BCUT2D eigenvalue weighted by Crippen LogP contribution is 2.13. The molecule has 1 aliphatic heterocycles. The number of rotatable bonds is 6. The number of methoxy groups -OCH3 is 1. The SMILES string of the molecule is COCC(C)N1CNC(CCc2ccccc2)C1=O. The number of benzene rings is 1. The largest absolute Gasteiger partial charge is 0.383 e. The molecule has 1 saturated heterocycles. The predicted octanol–water partition coefficient (Wildman–Crippen LogP) is 1.41. The first-order valence-electron chi connectivity index (χ1n) is 6.79. The maximum absolute atomic E-state index is 12.3. The first kappa shape index (κ1) is 14.0. The van der Waals surface area contributed by atoms with E-state index in [0.29, 0.717) is 13.3 Å². The Hall–Kier alpha value is -1.39. The van der Waals surface area contributed by atoms with Gasteiger partial charge in [0.1, 0.15) is 0 Å². The van der Waals surface area contributed by atoms with Gasteiger partial charge in [-0.15, -0.1) is 0 Å². The van der Waals surface area contributed by atoms with E-state index in [1.165, 1.54) is 5.56 Å². The van der Waals surface area contributed by atoms with Crippen molar-refractivity contribution in [3.8, 4) is 0 Å². The van der Waals surface area contributed by atoms with E-state index in [0.717, 1.165) is 12.8 Å². The minimum absolute atomic E-state index is 0.0560. The van der Waals surface area contributed by atoms with Crippen LogP contribution in [0.25, 0.3) is 0 Å². The highest BCUT2D eigenvalue weighted by atomic mass is 16.5. The van der Waals surface area contributed by atoms with Crippen LogP contribution >= 0.6 is 0 Å². The number of nitrogens with one attached hydrogen (secondary N) is 1. The maximum Gasteiger partial charge on any atom is 0.241 e. The summed E-state index contributed by atoms with van der Waals surface area (Å²) in [7, 11) is 1.66. The van der Waals surface area contributed by atoms with Crippen LogP contribution < -0.4 is 5.32 Å². The molecule has 1 amide bonds. The predicted molar refractivity (Wildman–Crippen MR) is 74.7 cm³/mol. The molecule has 0 bridgehead atoms. The molecule has 0 aliphatic carbocycles. The fourth-order valence-electron chi connectivity index (χ4n) is 2.46. The Bertz CT molecular complexity index is 408. The molecule has 2 unspecified atom stereocenters. The number of aryl methyl sites for hydroxylation is 1. The summed E-state index contributed by atoms with van der Waals surface area (Å²) in [5.74, 6) is 0.195. The second-order valence-corrected chi connectivity index (χ2v) is 5.05. The summed E-state index contributed by atoms with van der Waals surface area (Å²) in [6.07, 6.45) is 1.77. The average Bonchev–Trinajstić information content (AvgIpc) is 2.79. The van der Waals surface area contributed by atoms with Crippen LogP contribution in [0.15, 0.2) is 30.3 Å².